The van der Waals surface area contributed by atoms with Crippen LogP contribution < -0.4 is 5.32 Å². The third-order valence-electron chi connectivity index (χ3n) is 2.93. The molecule has 0 aliphatic rings. The fourth-order valence-electron chi connectivity index (χ4n) is 1.83. The summed E-state index contributed by atoms with van der Waals surface area (Å²) in [4.78, 5) is 22.9. The number of nitrogens with one attached hydrogen (secondary N) is 1. The first-order valence-electron chi connectivity index (χ1n) is 6.49. The van der Waals surface area contributed by atoms with Crippen LogP contribution in [-0.2, 0) is 4.79 Å². The second-order valence-corrected chi connectivity index (χ2v) is 6.60. The van der Waals surface area contributed by atoms with Crippen LogP contribution in [0.2, 0.25) is 0 Å². The lowest BCUT2D eigenvalue weighted by Gasteiger charge is -2.08. The van der Waals surface area contributed by atoms with Gasteiger partial charge in [-0.15, -0.1) is 11.8 Å². The lowest BCUT2D eigenvalue weighted by atomic mass is 10.2. The molecule has 2 aromatic rings. The van der Waals surface area contributed by atoms with E-state index < -0.39 is 16.6 Å². The predicted octanol–water partition coefficient (Wildman–Crippen LogP) is 4.54. The van der Waals surface area contributed by atoms with Crippen molar-refractivity contribution in [1.82, 2.24) is 0 Å². The highest BCUT2D eigenvalue weighted by Crippen LogP contribution is 2.26. The summed E-state index contributed by atoms with van der Waals surface area (Å²) in [6, 6.07) is 8.69. The van der Waals surface area contributed by atoms with E-state index in [-0.39, 0.29) is 17.1 Å². The summed E-state index contributed by atoms with van der Waals surface area (Å²) in [5.41, 5.74) is 0.536. The first-order valence-corrected chi connectivity index (χ1v) is 8.27. The zero-order valence-corrected chi connectivity index (χ0v) is 14.4. The molecule has 0 spiro atoms. The highest BCUT2D eigenvalue weighted by Gasteiger charge is 2.13. The predicted molar refractivity (Wildman–Crippen MR) is 91.3 cm³/mol. The van der Waals surface area contributed by atoms with E-state index in [1.54, 1.807) is 0 Å². The molecule has 8 heteroatoms. The Bertz CT molecular complexity index is 770. The third kappa shape index (κ3) is 4.77. The van der Waals surface area contributed by atoms with E-state index in [9.17, 15) is 19.3 Å². The lowest BCUT2D eigenvalue weighted by molar-refractivity contribution is -0.384. The fraction of sp³-hybridized carbons (Fsp3) is 0.133. The van der Waals surface area contributed by atoms with Gasteiger partial charge in [-0.3, -0.25) is 14.9 Å². The number of nitro groups is 1. The number of nitro benzene ring substituents is 1. The lowest BCUT2D eigenvalue weighted by Crippen LogP contribution is -2.15. The van der Waals surface area contributed by atoms with Crippen LogP contribution in [-0.4, -0.2) is 16.6 Å². The number of halogens is 2. The van der Waals surface area contributed by atoms with E-state index in [0.29, 0.717) is 0 Å². The summed E-state index contributed by atoms with van der Waals surface area (Å²) in [6.45, 7) is 1.92. The van der Waals surface area contributed by atoms with Crippen LogP contribution >= 0.6 is 27.7 Å². The van der Waals surface area contributed by atoms with E-state index in [2.05, 4.69) is 21.2 Å². The maximum Gasteiger partial charge on any atom is 0.271 e. The number of rotatable bonds is 5. The highest BCUT2D eigenvalue weighted by molar-refractivity contribution is 9.10. The standard InChI is InChI=1S/C15H12BrFN2O3S/c1-9-6-10(16)2-5-14(9)23-8-15(20)18-13-7-11(19(21)22)3-4-12(13)17/h2-7H,8H2,1H3,(H,18,20). The van der Waals surface area contributed by atoms with Gasteiger partial charge in [-0.1, -0.05) is 15.9 Å². The van der Waals surface area contributed by atoms with E-state index in [4.69, 9.17) is 0 Å². The molecule has 0 atom stereocenters. The van der Waals surface area contributed by atoms with Crippen molar-refractivity contribution in [3.05, 3.63) is 62.4 Å². The number of benzene rings is 2. The molecule has 5 nitrogen and oxygen atoms in total. The highest BCUT2D eigenvalue weighted by atomic mass is 79.9. The maximum atomic E-state index is 13.6. The Kier molecular flexibility index (Phi) is 5.73. The van der Waals surface area contributed by atoms with Gasteiger partial charge in [0.1, 0.15) is 5.82 Å². The van der Waals surface area contributed by atoms with Gasteiger partial charge in [0.05, 0.1) is 16.4 Å². The van der Waals surface area contributed by atoms with Crippen LogP contribution in [0.25, 0.3) is 0 Å². The number of non-ortho nitro benzene ring substituents is 1. The van der Waals surface area contributed by atoms with Gasteiger partial charge in [0.15, 0.2) is 0 Å². The molecule has 0 unspecified atom stereocenters. The molecule has 120 valence electrons. The number of amides is 1. The molecule has 0 aliphatic carbocycles. The Morgan fingerprint density at radius 3 is 2.74 bits per heavy atom. The summed E-state index contributed by atoms with van der Waals surface area (Å²) in [6.07, 6.45) is 0. The van der Waals surface area contributed by atoms with Crippen LogP contribution in [0.4, 0.5) is 15.8 Å². The SMILES string of the molecule is Cc1cc(Br)ccc1SCC(=O)Nc1cc([N+](=O)[O-])ccc1F. The molecule has 0 bridgehead atoms. The van der Waals surface area contributed by atoms with Gasteiger partial charge in [0.2, 0.25) is 5.91 Å². The summed E-state index contributed by atoms with van der Waals surface area (Å²) < 4.78 is 14.6. The minimum atomic E-state index is -0.714. The molecule has 0 fully saturated rings. The molecular formula is C15H12BrFN2O3S. The van der Waals surface area contributed by atoms with E-state index in [1.807, 2.05) is 25.1 Å². The first-order chi connectivity index (χ1) is 10.9. The third-order valence-corrected chi connectivity index (χ3v) is 4.60. The van der Waals surface area contributed by atoms with Gasteiger partial charge in [-0.2, -0.15) is 0 Å². The fourth-order valence-corrected chi connectivity index (χ4v) is 3.11. The number of hydrogen-bond donors (Lipinski definition) is 1. The number of nitrogens with zero attached hydrogens (tertiary/aromatic N) is 1. The average Bonchev–Trinajstić information content (AvgIpc) is 2.48. The maximum absolute atomic E-state index is 13.6. The van der Waals surface area contributed by atoms with Crippen LogP contribution in [0.1, 0.15) is 5.56 Å². The smallest absolute Gasteiger partial charge is 0.271 e. The minimum Gasteiger partial charge on any atom is -0.323 e. The molecular weight excluding hydrogens is 387 g/mol. The van der Waals surface area contributed by atoms with Gasteiger partial charge in [0.25, 0.3) is 5.69 Å². The molecule has 0 heterocycles. The topological polar surface area (TPSA) is 72.2 Å². The van der Waals surface area contributed by atoms with Crippen molar-refractivity contribution in [3.63, 3.8) is 0 Å². The summed E-state index contributed by atoms with van der Waals surface area (Å²) in [5.74, 6) is -1.07. The quantitative estimate of drug-likeness (QED) is 0.455. The Hall–Kier alpha value is -1.93. The molecule has 1 N–H and O–H groups in total. The van der Waals surface area contributed by atoms with Crippen molar-refractivity contribution in [1.29, 1.82) is 0 Å². The molecule has 0 aromatic heterocycles. The minimum absolute atomic E-state index is 0.0740. The molecule has 0 saturated carbocycles. The van der Waals surface area contributed by atoms with Crippen LogP contribution in [0.15, 0.2) is 45.8 Å². The van der Waals surface area contributed by atoms with Gasteiger partial charge in [0, 0.05) is 21.5 Å². The number of carbonyl (C=O) groups is 1. The van der Waals surface area contributed by atoms with Crippen molar-refractivity contribution in [2.45, 2.75) is 11.8 Å². The van der Waals surface area contributed by atoms with Gasteiger partial charge >= 0.3 is 0 Å². The summed E-state index contributed by atoms with van der Waals surface area (Å²) >= 11 is 4.67. The molecule has 1 amide bonds. The normalized spacial score (nSPS) is 10.4. The van der Waals surface area contributed by atoms with Crippen molar-refractivity contribution < 1.29 is 14.1 Å². The zero-order valence-electron chi connectivity index (χ0n) is 12.0. The van der Waals surface area contributed by atoms with Crippen LogP contribution in [0.3, 0.4) is 0 Å². The second-order valence-electron chi connectivity index (χ2n) is 4.67. The molecule has 2 rings (SSSR count). The number of hydrogen-bond acceptors (Lipinski definition) is 4. The number of carbonyl (C=O) groups excluding carboxylic acids is 1. The molecule has 0 radical (unpaired) electrons. The zero-order chi connectivity index (χ0) is 17.0. The number of aryl methyl sites for hydroxylation is 1. The average molecular weight is 399 g/mol. The van der Waals surface area contributed by atoms with Gasteiger partial charge in [-0.25, -0.2) is 4.39 Å². The van der Waals surface area contributed by atoms with E-state index in [0.717, 1.165) is 33.1 Å². The molecule has 0 saturated heterocycles. The Labute approximate surface area is 144 Å². The first kappa shape index (κ1) is 17.4. The Balaban J connectivity index is 2.02. The molecule has 0 aliphatic heterocycles. The van der Waals surface area contributed by atoms with Crippen LogP contribution in [0.5, 0.6) is 0 Å². The summed E-state index contributed by atoms with van der Waals surface area (Å²) in [5, 5.41) is 13.0. The largest absolute Gasteiger partial charge is 0.323 e. The number of thioether (sulfide) groups is 1. The van der Waals surface area contributed by atoms with Crippen LogP contribution in [0, 0.1) is 22.9 Å². The van der Waals surface area contributed by atoms with Crippen molar-refractivity contribution in [2.75, 3.05) is 11.1 Å². The number of anilines is 1. The Morgan fingerprint density at radius 1 is 1.35 bits per heavy atom. The van der Waals surface area contributed by atoms with E-state index in [1.165, 1.54) is 11.8 Å². The monoisotopic (exact) mass is 398 g/mol. The summed E-state index contributed by atoms with van der Waals surface area (Å²) in [7, 11) is 0. The van der Waals surface area contributed by atoms with Crippen molar-refractivity contribution in [3.8, 4) is 0 Å². The Morgan fingerprint density at radius 2 is 2.09 bits per heavy atom. The second kappa shape index (κ2) is 7.56. The van der Waals surface area contributed by atoms with Gasteiger partial charge in [-0.05, 0) is 36.8 Å². The van der Waals surface area contributed by atoms with Gasteiger partial charge < -0.3 is 5.32 Å². The van der Waals surface area contributed by atoms with Crippen molar-refractivity contribution >= 4 is 45.0 Å². The van der Waals surface area contributed by atoms with Crippen molar-refractivity contribution in [2.24, 2.45) is 0 Å². The molecule has 2 aromatic carbocycles. The molecule has 23 heavy (non-hydrogen) atoms. The van der Waals surface area contributed by atoms with E-state index >= 15 is 0 Å².